The quantitative estimate of drug-likeness (QED) is 0.0621. The lowest BCUT2D eigenvalue weighted by Crippen LogP contribution is -2.29. The zero-order valence-corrected chi connectivity index (χ0v) is 24.5. The first-order valence-electron chi connectivity index (χ1n) is 14.3. The van der Waals surface area contributed by atoms with Crippen molar-refractivity contribution in [2.45, 2.75) is 46.5 Å². The van der Waals surface area contributed by atoms with Gasteiger partial charge < -0.3 is 23.7 Å². The van der Waals surface area contributed by atoms with Gasteiger partial charge in [0.1, 0.15) is 24.7 Å². The van der Waals surface area contributed by atoms with Crippen LogP contribution in [0.25, 0.3) is 0 Å². The minimum absolute atomic E-state index is 0.0490. The van der Waals surface area contributed by atoms with E-state index in [1.54, 1.807) is 24.3 Å². The fourth-order valence-electron chi connectivity index (χ4n) is 5.20. The molecule has 42 heavy (non-hydrogen) atoms. The largest absolute Gasteiger partial charge is 0.513 e. The van der Waals surface area contributed by atoms with E-state index in [-0.39, 0.29) is 43.7 Å². The van der Waals surface area contributed by atoms with E-state index in [4.69, 9.17) is 23.7 Å². The Hall–Kier alpha value is -3.98. The van der Waals surface area contributed by atoms with Crippen molar-refractivity contribution in [2.24, 2.45) is 23.7 Å². The summed E-state index contributed by atoms with van der Waals surface area (Å²) in [6.07, 6.45) is 4.14. The normalized spacial score (nSPS) is 18.1. The highest BCUT2D eigenvalue weighted by Gasteiger charge is 2.32. The molecule has 3 atom stereocenters. The summed E-state index contributed by atoms with van der Waals surface area (Å²) in [4.78, 5) is 48.4. The van der Waals surface area contributed by atoms with Gasteiger partial charge >= 0.3 is 18.1 Å². The maximum Gasteiger partial charge on any atom is 0.513 e. The third kappa shape index (κ3) is 10.4. The van der Waals surface area contributed by atoms with Crippen LogP contribution in [0.2, 0.25) is 0 Å². The second-order valence-corrected chi connectivity index (χ2v) is 10.8. The van der Waals surface area contributed by atoms with Gasteiger partial charge in [-0.05, 0) is 72.9 Å². The Balaban J connectivity index is 1.41. The Kier molecular flexibility index (Phi) is 12.7. The first kappa shape index (κ1) is 32.5. The molecule has 0 amide bonds. The molecule has 0 bridgehead atoms. The Morgan fingerprint density at radius 1 is 0.833 bits per heavy atom. The van der Waals surface area contributed by atoms with E-state index in [2.05, 4.69) is 27.4 Å². The molecule has 9 heteroatoms. The van der Waals surface area contributed by atoms with E-state index >= 15 is 0 Å². The molecular formula is C33H40O9. The maximum absolute atomic E-state index is 13.0. The molecule has 0 spiro atoms. The summed E-state index contributed by atoms with van der Waals surface area (Å²) in [6.45, 7) is 10.3. The molecule has 0 heterocycles. The molecule has 2 aromatic carbocycles. The average molecular weight is 581 g/mol. The molecule has 0 saturated heterocycles. The van der Waals surface area contributed by atoms with Crippen LogP contribution < -0.4 is 9.47 Å². The van der Waals surface area contributed by atoms with Crippen LogP contribution in [0.15, 0.2) is 61.2 Å². The number of Topliss-reactive ketones (excluding diaryl/α,β-unsaturated/α-hetero) is 1. The fraction of sp³-hybridized carbons (Fsp3) is 0.455. The number of rotatable bonds is 14. The van der Waals surface area contributed by atoms with Crippen molar-refractivity contribution in [1.82, 2.24) is 0 Å². The standard InChI is InChI=1S/C33H40O9/c1-5-31(35)39-18-16-38-17-19-40-33(37)42-28-13-11-27(12-14-28)41-32(36)25-9-7-24(8-10-25)30(34)21-26-20-23(4)6-15-29(26)22(2)3/h5,7-14,22-23,26,29H,1,6,15-21H2,2-4H3. The monoisotopic (exact) mass is 580 g/mol. The van der Waals surface area contributed by atoms with Crippen LogP contribution in [0.1, 0.15) is 67.2 Å². The molecule has 1 saturated carbocycles. The van der Waals surface area contributed by atoms with Crippen molar-refractivity contribution in [1.29, 1.82) is 0 Å². The number of ether oxygens (including phenoxy) is 5. The van der Waals surface area contributed by atoms with Crippen LogP contribution in [0.3, 0.4) is 0 Å². The molecule has 1 fully saturated rings. The van der Waals surface area contributed by atoms with Gasteiger partial charge in [0.25, 0.3) is 0 Å². The van der Waals surface area contributed by atoms with Crippen molar-refractivity contribution < 1.29 is 42.9 Å². The Morgan fingerprint density at radius 3 is 2.05 bits per heavy atom. The van der Waals surface area contributed by atoms with E-state index in [0.717, 1.165) is 12.5 Å². The van der Waals surface area contributed by atoms with Crippen LogP contribution in [-0.2, 0) is 19.0 Å². The van der Waals surface area contributed by atoms with Gasteiger partial charge in [-0.2, -0.15) is 0 Å². The number of esters is 2. The van der Waals surface area contributed by atoms with E-state index < -0.39 is 18.1 Å². The number of carbonyl (C=O) groups is 4. The van der Waals surface area contributed by atoms with Crippen molar-refractivity contribution in [3.63, 3.8) is 0 Å². The third-order valence-corrected chi connectivity index (χ3v) is 7.37. The van der Waals surface area contributed by atoms with Gasteiger partial charge in [-0.3, -0.25) is 4.79 Å². The van der Waals surface area contributed by atoms with Crippen molar-refractivity contribution in [2.75, 3.05) is 26.4 Å². The average Bonchev–Trinajstić information content (AvgIpc) is 2.97. The van der Waals surface area contributed by atoms with Gasteiger partial charge in [-0.25, -0.2) is 14.4 Å². The second-order valence-electron chi connectivity index (χ2n) is 10.8. The number of hydrogen-bond acceptors (Lipinski definition) is 9. The summed E-state index contributed by atoms with van der Waals surface area (Å²) < 4.78 is 25.3. The minimum atomic E-state index is -0.922. The van der Waals surface area contributed by atoms with Crippen LogP contribution in [0.5, 0.6) is 11.5 Å². The molecule has 3 rings (SSSR count). The Labute approximate surface area is 247 Å². The summed E-state index contributed by atoms with van der Waals surface area (Å²) in [6, 6.07) is 12.5. The van der Waals surface area contributed by atoms with Gasteiger partial charge in [0.05, 0.1) is 18.8 Å². The lowest BCUT2D eigenvalue weighted by Gasteiger charge is -2.37. The number of carbonyl (C=O) groups excluding carboxylic acids is 4. The molecule has 0 radical (unpaired) electrons. The zero-order valence-electron chi connectivity index (χ0n) is 24.5. The highest BCUT2D eigenvalue weighted by Crippen LogP contribution is 2.40. The molecule has 9 nitrogen and oxygen atoms in total. The summed E-state index contributed by atoms with van der Waals surface area (Å²) in [5, 5.41) is 0. The number of hydrogen-bond donors (Lipinski definition) is 0. The minimum Gasteiger partial charge on any atom is -0.460 e. The number of benzene rings is 2. The van der Waals surface area contributed by atoms with Gasteiger partial charge in [-0.15, -0.1) is 0 Å². The maximum atomic E-state index is 13.0. The Bertz CT molecular complexity index is 1200. The van der Waals surface area contributed by atoms with Crippen molar-refractivity contribution >= 4 is 23.9 Å². The highest BCUT2D eigenvalue weighted by atomic mass is 16.7. The third-order valence-electron chi connectivity index (χ3n) is 7.37. The van der Waals surface area contributed by atoms with Crippen molar-refractivity contribution in [3.8, 4) is 11.5 Å². The fourth-order valence-corrected chi connectivity index (χ4v) is 5.20. The van der Waals surface area contributed by atoms with Gasteiger partial charge in [-0.1, -0.05) is 45.9 Å². The van der Waals surface area contributed by atoms with Gasteiger partial charge in [0, 0.05) is 18.1 Å². The van der Waals surface area contributed by atoms with E-state index in [9.17, 15) is 19.2 Å². The van der Waals surface area contributed by atoms with E-state index in [0.29, 0.717) is 41.2 Å². The van der Waals surface area contributed by atoms with E-state index in [1.165, 1.54) is 37.1 Å². The molecule has 1 aliphatic carbocycles. The van der Waals surface area contributed by atoms with E-state index in [1.807, 2.05) is 0 Å². The Morgan fingerprint density at radius 2 is 1.43 bits per heavy atom. The smallest absolute Gasteiger partial charge is 0.460 e. The lowest BCUT2D eigenvalue weighted by molar-refractivity contribution is -0.139. The molecule has 3 unspecified atom stereocenters. The lowest BCUT2D eigenvalue weighted by atomic mass is 9.68. The molecule has 2 aromatic rings. The molecular weight excluding hydrogens is 540 g/mol. The second kappa shape index (κ2) is 16.5. The van der Waals surface area contributed by atoms with Gasteiger partial charge in [0.2, 0.25) is 0 Å². The molecule has 0 aromatic heterocycles. The molecule has 0 aliphatic heterocycles. The number of ketones is 1. The summed E-state index contributed by atoms with van der Waals surface area (Å²) in [5.74, 6) is 1.61. The van der Waals surface area contributed by atoms with Crippen LogP contribution in [0, 0.1) is 23.7 Å². The van der Waals surface area contributed by atoms with Crippen LogP contribution in [0.4, 0.5) is 4.79 Å². The summed E-state index contributed by atoms with van der Waals surface area (Å²) in [7, 11) is 0. The summed E-state index contributed by atoms with van der Waals surface area (Å²) in [5.41, 5.74) is 0.921. The predicted octanol–water partition coefficient (Wildman–Crippen LogP) is 6.45. The van der Waals surface area contributed by atoms with Crippen LogP contribution >= 0.6 is 0 Å². The van der Waals surface area contributed by atoms with Crippen LogP contribution in [-0.4, -0.2) is 50.3 Å². The first-order chi connectivity index (χ1) is 20.2. The molecule has 0 N–H and O–H groups in total. The first-order valence-corrected chi connectivity index (χ1v) is 14.3. The van der Waals surface area contributed by atoms with Crippen molar-refractivity contribution in [3.05, 3.63) is 72.3 Å². The molecule has 1 aliphatic rings. The van der Waals surface area contributed by atoms with Gasteiger partial charge in [0.15, 0.2) is 5.78 Å². The highest BCUT2D eigenvalue weighted by molar-refractivity contribution is 5.98. The topological polar surface area (TPSA) is 114 Å². The SMILES string of the molecule is C=CC(=O)OCCOCCOC(=O)Oc1ccc(OC(=O)c2ccc(C(=O)CC3CC(C)CCC3C(C)C)cc2)cc1. The molecule has 226 valence electrons. The zero-order chi connectivity index (χ0) is 30.5. The summed E-state index contributed by atoms with van der Waals surface area (Å²) >= 11 is 0. The predicted molar refractivity (Wildman–Crippen MR) is 156 cm³/mol.